The highest BCUT2D eigenvalue weighted by molar-refractivity contribution is 5.91. The van der Waals surface area contributed by atoms with Gasteiger partial charge in [0.15, 0.2) is 0 Å². The molecule has 2 fully saturated rings. The van der Waals surface area contributed by atoms with Crippen LogP contribution in [-0.2, 0) is 19.1 Å². The Morgan fingerprint density at radius 2 is 2.35 bits per heavy atom. The molecule has 5 nitrogen and oxygen atoms in total. The molecule has 4 atom stereocenters. The number of unbranched alkanes of at least 4 members (excludes halogenated alkanes) is 1. The van der Waals surface area contributed by atoms with Gasteiger partial charge in [0.05, 0.1) is 25.2 Å². The molecule has 0 radical (unpaired) electrons. The summed E-state index contributed by atoms with van der Waals surface area (Å²) in [6, 6.07) is 0. The van der Waals surface area contributed by atoms with E-state index in [2.05, 4.69) is 6.92 Å². The van der Waals surface area contributed by atoms with Crippen molar-refractivity contribution in [3.63, 3.8) is 0 Å². The molecule has 5 heteroatoms. The first kappa shape index (κ1) is 13.6. The number of rotatable bonds is 5. The minimum Gasteiger partial charge on any atom is -0.466 e. The van der Waals surface area contributed by atoms with Crippen molar-refractivity contribution in [2.45, 2.75) is 38.4 Å². The highest BCUT2D eigenvalue weighted by atomic mass is 16.6. The molecule has 2 saturated heterocycles. The predicted molar refractivity (Wildman–Crippen MR) is 71.8 cm³/mol. The molecule has 1 spiro atoms. The van der Waals surface area contributed by atoms with E-state index in [9.17, 15) is 9.59 Å². The Balaban J connectivity index is 1.83. The highest BCUT2D eigenvalue weighted by Gasteiger charge is 2.67. The van der Waals surface area contributed by atoms with Gasteiger partial charge in [0.1, 0.15) is 11.5 Å². The Kier molecular flexibility index (Phi) is 3.32. The van der Waals surface area contributed by atoms with E-state index >= 15 is 0 Å². The summed E-state index contributed by atoms with van der Waals surface area (Å²) in [6.07, 6.45) is 5.61. The van der Waals surface area contributed by atoms with Crippen molar-refractivity contribution < 1.29 is 19.1 Å². The topological polar surface area (TPSA) is 55.8 Å². The number of hydrogen-bond donors (Lipinski definition) is 0. The second-order valence-corrected chi connectivity index (χ2v) is 5.77. The van der Waals surface area contributed by atoms with Gasteiger partial charge >= 0.3 is 5.97 Å². The van der Waals surface area contributed by atoms with Crippen LogP contribution in [0.3, 0.4) is 0 Å². The average Bonchev–Trinajstić information content (AvgIpc) is 3.05. The number of ether oxygens (including phenoxy) is 2. The van der Waals surface area contributed by atoms with Gasteiger partial charge in [-0.2, -0.15) is 0 Å². The van der Waals surface area contributed by atoms with Crippen molar-refractivity contribution in [3.05, 3.63) is 12.2 Å². The summed E-state index contributed by atoms with van der Waals surface area (Å²) in [5, 5.41) is 0. The van der Waals surface area contributed by atoms with Crippen molar-refractivity contribution in [3.8, 4) is 0 Å². The second-order valence-electron chi connectivity index (χ2n) is 5.77. The van der Waals surface area contributed by atoms with Crippen LogP contribution in [-0.4, -0.2) is 48.2 Å². The Morgan fingerprint density at radius 1 is 1.55 bits per heavy atom. The smallest absolute Gasteiger partial charge is 0.312 e. The fourth-order valence-corrected chi connectivity index (χ4v) is 3.62. The summed E-state index contributed by atoms with van der Waals surface area (Å²) < 4.78 is 11.1. The van der Waals surface area contributed by atoms with E-state index in [-0.39, 0.29) is 18.0 Å². The van der Waals surface area contributed by atoms with Gasteiger partial charge in [-0.3, -0.25) is 9.59 Å². The first-order chi connectivity index (χ1) is 9.63. The van der Waals surface area contributed by atoms with Gasteiger partial charge in [0.2, 0.25) is 5.91 Å². The minimum atomic E-state index is -0.590. The minimum absolute atomic E-state index is 0.0448. The Hall–Kier alpha value is -1.36. The largest absolute Gasteiger partial charge is 0.466 e. The summed E-state index contributed by atoms with van der Waals surface area (Å²) in [5.74, 6) is -1.13. The summed E-state index contributed by atoms with van der Waals surface area (Å²) >= 11 is 0. The van der Waals surface area contributed by atoms with E-state index in [1.165, 1.54) is 0 Å². The van der Waals surface area contributed by atoms with Crippen LogP contribution in [0.25, 0.3) is 0 Å². The van der Waals surface area contributed by atoms with Crippen LogP contribution in [0.5, 0.6) is 0 Å². The molecule has 110 valence electrons. The number of hydrogen-bond acceptors (Lipinski definition) is 4. The molecule has 0 aromatic carbocycles. The van der Waals surface area contributed by atoms with E-state index in [0.717, 1.165) is 19.4 Å². The van der Waals surface area contributed by atoms with Gasteiger partial charge in [-0.15, -0.1) is 0 Å². The predicted octanol–water partition coefficient (Wildman–Crippen LogP) is 1.13. The molecule has 3 aliphatic rings. The van der Waals surface area contributed by atoms with Gasteiger partial charge in [-0.05, 0) is 13.3 Å². The molecule has 2 bridgehead atoms. The number of carbonyl (C=O) groups excluding carboxylic acids is 2. The van der Waals surface area contributed by atoms with Crippen LogP contribution in [0, 0.1) is 11.8 Å². The molecule has 1 amide bonds. The molecule has 3 heterocycles. The molecule has 0 saturated carbocycles. The lowest BCUT2D eigenvalue weighted by molar-refractivity contribution is -0.153. The maximum absolute atomic E-state index is 12.6. The number of likely N-dealkylation sites (tertiary alicyclic amines) is 1. The van der Waals surface area contributed by atoms with Crippen molar-refractivity contribution in [2.24, 2.45) is 11.8 Å². The number of esters is 1. The molecule has 0 aromatic rings. The number of amides is 1. The lowest BCUT2D eigenvalue weighted by atomic mass is 9.77. The van der Waals surface area contributed by atoms with Crippen LogP contribution < -0.4 is 0 Å². The first-order valence-electron chi connectivity index (χ1n) is 7.45. The molecule has 3 rings (SSSR count). The van der Waals surface area contributed by atoms with E-state index in [1.807, 2.05) is 17.1 Å². The zero-order chi connectivity index (χ0) is 14.3. The molecule has 0 aromatic heterocycles. The van der Waals surface area contributed by atoms with Gasteiger partial charge < -0.3 is 14.4 Å². The standard InChI is InChI=1S/C15H21NO4/c1-3-5-8-16-9-15-7-6-10(20-15)11(12(15)13(16)17)14(18)19-4-2/h6-7,10-12H,3-5,8-9H2,1-2H3/t10-,11+,12-,15+/m1/s1. The van der Waals surface area contributed by atoms with E-state index < -0.39 is 17.4 Å². The quantitative estimate of drug-likeness (QED) is 0.559. The normalized spacial score (nSPS) is 37.6. The first-order valence-corrected chi connectivity index (χ1v) is 7.45. The summed E-state index contributed by atoms with van der Waals surface area (Å²) in [6.45, 7) is 5.52. The average molecular weight is 279 g/mol. The summed E-state index contributed by atoms with van der Waals surface area (Å²) in [7, 11) is 0. The fourth-order valence-electron chi connectivity index (χ4n) is 3.62. The zero-order valence-electron chi connectivity index (χ0n) is 12.0. The lowest BCUT2D eigenvalue weighted by Crippen LogP contribution is -2.40. The van der Waals surface area contributed by atoms with E-state index in [1.54, 1.807) is 6.92 Å². The molecule has 0 aliphatic carbocycles. The van der Waals surface area contributed by atoms with E-state index in [0.29, 0.717) is 13.2 Å². The molecule has 20 heavy (non-hydrogen) atoms. The van der Waals surface area contributed by atoms with E-state index in [4.69, 9.17) is 9.47 Å². The maximum Gasteiger partial charge on any atom is 0.312 e. The molecule has 3 aliphatic heterocycles. The number of nitrogens with zero attached hydrogens (tertiary/aromatic N) is 1. The van der Waals surface area contributed by atoms with Crippen LogP contribution in [0.1, 0.15) is 26.7 Å². The van der Waals surface area contributed by atoms with Crippen molar-refractivity contribution in [1.82, 2.24) is 4.90 Å². The molecule has 0 unspecified atom stereocenters. The van der Waals surface area contributed by atoms with Crippen molar-refractivity contribution in [1.29, 1.82) is 0 Å². The SMILES string of the molecule is CCCCN1C[C@]23C=C[C@@H](O2)[C@H](C(=O)OCC)[C@@H]3C1=O. The monoisotopic (exact) mass is 279 g/mol. The maximum atomic E-state index is 12.6. The van der Waals surface area contributed by atoms with Crippen LogP contribution in [0.15, 0.2) is 12.2 Å². The fraction of sp³-hybridized carbons (Fsp3) is 0.733. The van der Waals surface area contributed by atoms with Crippen LogP contribution >= 0.6 is 0 Å². The van der Waals surface area contributed by atoms with Crippen molar-refractivity contribution >= 4 is 11.9 Å². The van der Waals surface area contributed by atoms with Crippen LogP contribution in [0.2, 0.25) is 0 Å². The lowest BCUT2D eigenvalue weighted by Gasteiger charge is -2.22. The molecule has 0 N–H and O–H groups in total. The Bertz CT molecular complexity index is 461. The second kappa shape index (κ2) is 4.88. The zero-order valence-corrected chi connectivity index (χ0v) is 12.0. The Labute approximate surface area is 118 Å². The van der Waals surface area contributed by atoms with Gasteiger partial charge in [-0.25, -0.2) is 0 Å². The number of carbonyl (C=O) groups is 2. The van der Waals surface area contributed by atoms with Crippen LogP contribution in [0.4, 0.5) is 0 Å². The third-order valence-electron chi connectivity index (χ3n) is 4.52. The highest BCUT2D eigenvalue weighted by Crippen LogP contribution is 2.52. The summed E-state index contributed by atoms with van der Waals surface area (Å²) in [4.78, 5) is 26.6. The number of fused-ring (bicyclic) bond motifs is 1. The van der Waals surface area contributed by atoms with Gasteiger partial charge in [0, 0.05) is 6.54 Å². The molecular weight excluding hydrogens is 258 g/mol. The van der Waals surface area contributed by atoms with Gasteiger partial charge in [0.25, 0.3) is 0 Å². The third-order valence-corrected chi connectivity index (χ3v) is 4.52. The Morgan fingerprint density at radius 3 is 3.05 bits per heavy atom. The van der Waals surface area contributed by atoms with Crippen molar-refractivity contribution in [2.75, 3.05) is 19.7 Å². The molecular formula is C15H21NO4. The summed E-state index contributed by atoms with van der Waals surface area (Å²) in [5.41, 5.74) is -0.590. The third kappa shape index (κ3) is 1.79. The van der Waals surface area contributed by atoms with Gasteiger partial charge in [-0.1, -0.05) is 25.5 Å².